The third kappa shape index (κ3) is 3.73. The number of aryl methyl sites for hydroxylation is 1. The maximum Gasteiger partial charge on any atom is 0.160 e. The summed E-state index contributed by atoms with van der Waals surface area (Å²) in [6.45, 7) is 2.93. The number of hydrogen-bond acceptors (Lipinski definition) is 5. The van der Waals surface area contributed by atoms with E-state index in [0.29, 0.717) is 6.04 Å². The molecule has 1 aliphatic rings. The molecule has 1 atom stereocenters. The van der Waals surface area contributed by atoms with Gasteiger partial charge in [0, 0.05) is 48.0 Å². The number of furan rings is 1. The first-order chi connectivity index (χ1) is 12.8. The molecule has 3 aromatic rings. The van der Waals surface area contributed by atoms with Crippen molar-refractivity contribution >= 4 is 6.08 Å². The standard InChI is InChI=1S/C21H22N4O/c1-15(11-17-6-4-10-26-17)12-23-19-7-2-8-20-18(19)14-24-21(25-20)16-5-3-9-22-13-16/h3-6,9-11,13-14,19,23H,2,7-8,12H2,1H3/b15-11+/t19-/m0/s1. The monoisotopic (exact) mass is 346 g/mol. The van der Waals surface area contributed by atoms with Crippen molar-refractivity contribution in [3.63, 3.8) is 0 Å². The van der Waals surface area contributed by atoms with Crippen LogP contribution in [0.4, 0.5) is 0 Å². The van der Waals surface area contributed by atoms with E-state index in [2.05, 4.69) is 28.3 Å². The Morgan fingerprint density at radius 1 is 1.31 bits per heavy atom. The molecule has 0 saturated carbocycles. The van der Waals surface area contributed by atoms with E-state index in [1.807, 2.05) is 36.7 Å². The molecule has 4 rings (SSSR count). The molecule has 0 saturated heterocycles. The van der Waals surface area contributed by atoms with E-state index in [0.717, 1.165) is 48.6 Å². The van der Waals surface area contributed by atoms with E-state index < -0.39 is 0 Å². The molecular weight excluding hydrogens is 324 g/mol. The second-order valence-electron chi connectivity index (χ2n) is 6.67. The predicted octanol–water partition coefficient (Wildman–Crippen LogP) is 4.20. The van der Waals surface area contributed by atoms with Gasteiger partial charge in [0.1, 0.15) is 5.76 Å². The van der Waals surface area contributed by atoms with Gasteiger partial charge in [-0.15, -0.1) is 0 Å². The van der Waals surface area contributed by atoms with Crippen molar-refractivity contribution in [3.8, 4) is 11.4 Å². The lowest BCUT2D eigenvalue weighted by atomic mass is 9.92. The van der Waals surface area contributed by atoms with Crippen LogP contribution in [0.2, 0.25) is 0 Å². The summed E-state index contributed by atoms with van der Waals surface area (Å²) in [6.07, 6.45) is 12.6. The van der Waals surface area contributed by atoms with E-state index in [1.165, 1.54) is 11.1 Å². The molecule has 0 radical (unpaired) electrons. The molecule has 26 heavy (non-hydrogen) atoms. The van der Waals surface area contributed by atoms with Crippen LogP contribution in [0.1, 0.15) is 42.8 Å². The SMILES string of the molecule is C/C(=C\c1ccco1)CN[C@H]1CCCc2nc(-c3cccnc3)ncc21. The Labute approximate surface area is 153 Å². The molecule has 132 valence electrons. The zero-order valence-electron chi connectivity index (χ0n) is 14.9. The van der Waals surface area contributed by atoms with Crippen LogP contribution in [0, 0.1) is 0 Å². The molecule has 0 aromatic carbocycles. The molecule has 1 N–H and O–H groups in total. The Hall–Kier alpha value is -2.79. The number of nitrogens with zero attached hydrogens (tertiary/aromatic N) is 3. The van der Waals surface area contributed by atoms with Gasteiger partial charge in [0.25, 0.3) is 0 Å². The van der Waals surface area contributed by atoms with Crippen molar-refractivity contribution in [2.75, 3.05) is 6.54 Å². The maximum atomic E-state index is 5.38. The van der Waals surface area contributed by atoms with Crippen molar-refractivity contribution in [2.24, 2.45) is 0 Å². The van der Waals surface area contributed by atoms with E-state index >= 15 is 0 Å². The van der Waals surface area contributed by atoms with Crippen LogP contribution in [0.25, 0.3) is 17.5 Å². The Morgan fingerprint density at radius 3 is 3.08 bits per heavy atom. The molecule has 3 aromatic heterocycles. The highest BCUT2D eigenvalue weighted by Gasteiger charge is 2.22. The third-order valence-electron chi connectivity index (χ3n) is 4.66. The van der Waals surface area contributed by atoms with Crippen LogP contribution in [0.15, 0.2) is 59.1 Å². The smallest absolute Gasteiger partial charge is 0.160 e. The number of pyridine rings is 1. The van der Waals surface area contributed by atoms with Gasteiger partial charge >= 0.3 is 0 Å². The zero-order valence-corrected chi connectivity index (χ0v) is 14.9. The van der Waals surface area contributed by atoms with Gasteiger partial charge in [-0.1, -0.05) is 5.57 Å². The Morgan fingerprint density at radius 2 is 2.27 bits per heavy atom. The summed E-state index contributed by atoms with van der Waals surface area (Å²) in [7, 11) is 0. The van der Waals surface area contributed by atoms with Gasteiger partial charge in [0.05, 0.1) is 6.26 Å². The number of rotatable bonds is 5. The molecule has 0 spiro atoms. The Bertz CT molecular complexity index is 888. The van der Waals surface area contributed by atoms with Crippen molar-refractivity contribution in [1.82, 2.24) is 20.3 Å². The molecule has 0 aliphatic heterocycles. The van der Waals surface area contributed by atoms with E-state index in [4.69, 9.17) is 9.40 Å². The second-order valence-corrected chi connectivity index (χ2v) is 6.67. The predicted molar refractivity (Wildman–Crippen MR) is 101 cm³/mol. The first kappa shape index (κ1) is 16.7. The van der Waals surface area contributed by atoms with Crippen LogP contribution in [0.5, 0.6) is 0 Å². The number of nitrogens with one attached hydrogen (secondary N) is 1. The van der Waals surface area contributed by atoms with E-state index in [-0.39, 0.29) is 0 Å². The van der Waals surface area contributed by atoms with Crippen LogP contribution < -0.4 is 5.32 Å². The van der Waals surface area contributed by atoms with Crippen LogP contribution >= 0.6 is 0 Å². The molecule has 0 fully saturated rings. The van der Waals surface area contributed by atoms with Gasteiger partial charge in [-0.2, -0.15) is 0 Å². The minimum Gasteiger partial charge on any atom is -0.465 e. The molecule has 5 heteroatoms. The fraction of sp³-hybridized carbons (Fsp3) is 0.286. The molecule has 0 unspecified atom stereocenters. The Kier molecular flexibility index (Phi) is 4.88. The van der Waals surface area contributed by atoms with Gasteiger partial charge < -0.3 is 9.73 Å². The minimum absolute atomic E-state index is 0.293. The Balaban J connectivity index is 1.49. The maximum absolute atomic E-state index is 5.38. The minimum atomic E-state index is 0.293. The van der Waals surface area contributed by atoms with Crippen molar-refractivity contribution in [3.05, 3.63) is 71.7 Å². The van der Waals surface area contributed by atoms with Gasteiger partial charge in [-0.25, -0.2) is 9.97 Å². The summed E-state index contributed by atoms with van der Waals surface area (Å²) >= 11 is 0. The molecule has 0 bridgehead atoms. The average Bonchev–Trinajstić information content (AvgIpc) is 3.19. The number of aromatic nitrogens is 3. The topological polar surface area (TPSA) is 63.8 Å². The molecule has 1 aliphatic carbocycles. The fourth-order valence-corrected chi connectivity index (χ4v) is 3.34. The third-order valence-corrected chi connectivity index (χ3v) is 4.66. The van der Waals surface area contributed by atoms with Gasteiger partial charge in [-0.3, -0.25) is 4.98 Å². The summed E-state index contributed by atoms with van der Waals surface area (Å²) in [4.78, 5) is 13.5. The first-order valence-electron chi connectivity index (χ1n) is 9.00. The number of fused-ring (bicyclic) bond motifs is 1. The highest BCUT2D eigenvalue weighted by molar-refractivity contribution is 5.53. The van der Waals surface area contributed by atoms with Gasteiger partial charge in [0.2, 0.25) is 0 Å². The van der Waals surface area contributed by atoms with Crippen LogP contribution in [-0.4, -0.2) is 21.5 Å². The summed E-state index contributed by atoms with van der Waals surface area (Å²) in [6, 6.07) is 8.07. The lowest BCUT2D eigenvalue weighted by Crippen LogP contribution is -2.27. The highest BCUT2D eigenvalue weighted by atomic mass is 16.3. The molecule has 0 amide bonds. The summed E-state index contributed by atoms with van der Waals surface area (Å²) in [5, 5.41) is 3.65. The zero-order chi connectivity index (χ0) is 17.8. The molecule has 3 heterocycles. The molecular formula is C21H22N4O. The van der Waals surface area contributed by atoms with Crippen molar-refractivity contribution in [2.45, 2.75) is 32.2 Å². The van der Waals surface area contributed by atoms with Gasteiger partial charge in [0.15, 0.2) is 5.82 Å². The molecule has 5 nitrogen and oxygen atoms in total. The fourth-order valence-electron chi connectivity index (χ4n) is 3.34. The average molecular weight is 346 g/mol. The lowest BCUT2D eigenvalue weighted by molar-refractivity contribution is 0.468. The van der Waals surface area contributed by atoms with Crippen molar-refractivity contribution in [1.29, 1.82) is 0 Å². The van der Waals surface area contributed by atoms with Crippen molar-refractivity contribution < 1.29 is 4.42 Å². The summed E-state index contributed by atoms with van der Waals surface area (Å²) in [5.74, 6) is 1.64. The van der Waals surface area contributed by atoms with Crippen LogP contribution in [-0.2, 0) is 6.42 Å². The highest BCUT2D eigenvalue weighted by Crippen LogP contribution is 2.29. The first-order valence-corrected chi connectivity index (χ1v) is 9.00. The van der Waals surface area contributed by atoms with Crippen LogP contribution in [0.3, 0.4) is 0 Å². The van der Waals surface area contributed by atoms with E-state index in [9.17, 15) is 0 Å². The summed E-state index contributed by atoms with van der Waals surface area (Å²) in [5.41, 5.74) is 4.56. The normalized spacial score (nSPS) is 17.1. The van der Waals surface area contributed by atoms with E-state index in [1.54, 1.807) is 12.5 Å². The largest absolute Gasteiger partial charge is 0.465 e. The lowest BCUT2D eigenvalue weighted by Gasteiger charge is -2.26. The van der Waals surface area contributed by atoms with Gasteiger partial charge in [-0.05, 0) is 56.5 Å². The second kappa shape index (κ2) is 7.62. The summed E-state index contributed by atoms with van der Waals surface area (Å²) < 4.78 is 5.38. The quantitative estimate of drug-likeness (QED) is 0.750. The number of hydrogen-bond donors (Lipinski definition) is 1.